The standard InChI is InChI=1S/C14H17Cl2NO3/c1-14(8-18,9-2-3-9)17-13(19)7-20-12-6-10(15)4-5-11(12)16/h4-6,9,18H,2-3,7-8H2,1H3,(H,17,19). The highest BCUT2D eigenvalue weighted by Gasteiger charge is 2.42. The zero-order valence-electron chi connectivity index (χ0n) is 11.2. The molecule has 1 aliphatic rings. The molecule has 20 heavy (non-hydrogen) atoms. The monoisotopic (exact) mass is 317 g/mol. The number of benzene rings is 1. The van der Waals surface area contributed by atoms with Crippen LogP contribution in [0.2, 0.25) is 10.0 Å². The summed E-state index contributed by atoms with van der Waals surface area (Å²) in [4.78, 5) is 11.9. The van der Waals surface area contributed by atoms with Gasteiger partial charge in [0, 0.05) is 11.1 Å². The topological polar surface area (TPSA) is 58.6 Å². The molecule has 1 unspecified atom stereocenters. The van der Waals surface area contributed by atoms with Crippen LogP contribution in [0.5, 0.6) is 5.75 Å². The fourth-order valence-electron chi connectivity index (χ4n) is 2.08. The maximum atomic E-state index is 11.9. The number of carbonyl (C=O) groups excluding carboxylic acids is 1. The lowest BCUT2D eigenvalue weighted by Crippen LogP contribution is -2.52. The van der Waals surface area contributed by atoms with Crippen LogP contribution < -0.4 is 10.1 Å². The van der Waals surface area contributed by atoms with E-state index in [1.807, 2.05) is 6.92 Å². The third-order valence-corrected chi connectivity index (χ3v) is 4.03. The Hall–Kier alpha value is -0.970. The van der Waals surface area contributed by atoms with Crippen LogP contribution in [0, 0.1) is 5.92 Å². The second kappa shape index (κ2) is 6.20. The van der Waals surface area contributed by atoms with Crippen molar-refractivity contribution in [3.8, 4) is 5.75 Å². The number of rotatable bonds is 6. The number of halogens is 2. The van der Waals surface area contributed by atoms with E-state index in [1.165, 1.54) is 0 Å². The van der Waals surface area contributed by atoms with Crippen LogP contribution in [-0.2, 0) is 4.79 Å². The van der Waals surface area contributed by atoms with Crippen LogP contribution in [0.15, 0.2) is 18.2 Å². The summed E-state index contributed by atoms with van der Waals surface area (Å²) in [6.07, 6.45) is 2.05. The number of ether oxygens (including phenoxy) is 1. The van der Waals surface area contributed by atoms with E-state index in [0.29, 0.717) is 21.7 Å². The van der Waals surface area contributed by atoms with E-state index in [-0.39, 0.29) is 19.1 Å². The minimum Gasteiger partial charge on any atom is -0.482 e. The summed E-state index contributed by atoms with van der Waals surface area (Å²) < 4.78 is 5.36. The molecule has 1 amide bonds. The van der Waals surface area contributed by atoms with Gasteiger partial charge in [-0.05, 0) is 37.8 Å². The Bertz CT molecular complexity index is 505. The number of hydrogen-bond donors (Lipinski definition) is 2. The summed E-state index contributed by atoms with van der Waals surface area (Å²) >= 11 is 11.8. The van der Waals surface area contributed by atoms with Gasteiger partial charge in [0.1, 0.15) is 5.75 Å². The van der Waals surface area contributed by atoms with Crippen molar-refractivity contribution >= 4 is 29.1 Å². The van der Waals surface area contributed by atoms with Gasteiger partial charge in [-0.25, -0.2) is 0 Å². The van der Waals surface area contributed by atoms with Crippen LogP contribution in [0.25, 0.3) is 0 Å². The van der Waals surface area contributed by atoms with Crippen LogP contribution in [-0.4, -0.2) is 29.8 Å². The molecule has 1 saturated carbocycles. The molecule has 0 radical (unpaired) electrons. The molecule has 0 heterocycles. The van der Waals surface area contributed by atoms with Gasteiger partial charge in [0.05, 0.1) is 17.2 Å². The molecule has 0 aliphatic heterocycles. The second-order valence-corrected chi connectivity index (χ2v) is 6.11. The highest BCUT2D eigenvalue weighted by Crippen LogP contribution is 2.39. The molecule has 110 valence electrons. The Labute approximate surface area is 128 Å². The molecule has 1 atom stereocenters. The highest BCUT2D eigenvalue weighted by molar-refractivity contribution is 6.34. The Morgan fingerprint density at radius 1 is 1.50 bits per heavy atom. The van der Waals surface area contributed by atoms with Crippen molar-refractivity contribution in [3.05, 3.63) is 28.2 Å². The Morgan fingerprint density at radius 3 is 2.80 bits per heavy atom. The summed E-state index contributed by atoms with van der Waals surface area (Å²) in [6, 6.07) is 4.81. The van der Waals surface area contributed by atoms with Crippen LogP contribution in [0.3, 0.4) is 0 Å². The first-order chi connectivity index (χ1) is 9.44. The fraction of sp³-hybridized carbons (Fsp3) is 0.500. The number of amides is 1. The van der Waals surface area contributed by atoms with Gasteiger partial charge in [0.15, 0.2) is 6.61 Å². The molecule has 1 aromatic carbocycles. The number of carbonyl (C=O) groups is 1. The maximum absolute atomic E-state index is 11.9. The normalized spacial score (nSPS) is 17.4. The molecular weight excluding hydrogens is 301 g/mol. The number of aliphatic hydroxyl groups is 1. The van der Waals surface area contributed by atoms with E-state index in [9.17, 15) is 9.90 Å². The molecular formula is C14H17Cl2NO3. The van der Waals surface area contributed by atoms with Gasteiger partial charge in [-0.1, -0.05) is 23.2 Å². The second-order valence-electron chi connectivity index (χ2n) is 5.26. The molecule has 6 heteroatoms. The van der Waals surface area contributed by atoms with Crippen LogP contribution in [0.1, 0.15) is 19.8 Å². The Kier molecular flexibility index (Phi) is 4.78. The first kappa shape index (κ1) is 15.4. The van der Waals surface area contributed by atoms with E-state index in [1.54, 1.807) is 18.2 Å². The quantitative estimate of drug-likeness (QED) is 0.848. The lowest BCUT2D eigenvalue weighted by Gasteiger charge is -2.28. The average molecular weight is 318 g/mol. The van der Waals surface area contributed by atoms with Crippen molar-refractivity contribution in [2.24, 2.45) is 5.92 Å². The van der Waals surface area contributed by atoms with Gasteiger partial charge in [0.25, 0.3) is 5.91 Å². The van der Waals surface area contributed by atoms with Crippen molar-refractivity contribution in [1.82, 2.24) is 5.32 Å². The fourth-order valence-corrected chi connectivity index (χ4v) is 2.41. The number of hydrogen-bond acceptors (Lipinski definition) is 3. The minimum absolute atomic E-state index is 0.0820. The van der Waals surface area contributed by atoms with Crippen LogP contribution >= 0.6 is 23.2 Å². The SMILES string of the molecule is CC(CO)(NC(=O)COc1cc(Cl)ccc1Cl)C1CC1. The predicted octanol–water partition coefficient (Wildman–Crippen LogP) is 2.65. The maximum Gasteiger partial charge on any atom is 0.258 e. The van der Waals surface area contributed by atoms with Crippen LogP contribution in [0.4, 0.5) is 0 Å². The van der Waals surface area contributed by atoms with Gasteiger partial charge in [-0.3, -0.25) is 4.79 Å². The zero-order chi connectivity index (χ0) is 14.8. The lowest BCUT2D eigenvalue weighted by molar-refractivity contribution is -0.125. The van der Waals surface area contributed by atoms with Crippen molar-refractivity contribution < 1.29 is 14.6 Å². The van der Waals surface area contributed by atoms with Crippen molar-refractivity contribution in [1.29, 1.82) is 0 Å². The van der Waals surface area contributed by atoms with Crippen molar-refractivity contribution in [3.63, 3.8) is 0 Å². The van der Waals surface area contributed by atoms with E-state index in [2.05, 4.69) is 5.32 Å². The minimum atomic E-state index is -0.571. The Balaban J connectivity index is 1.90. The third-order valence-electron chi connectivity index (χ3n) is 3.48. The largest absolute Gasteiger partial charge is 0.482 e. The average Bonchev–Trinajstić information content (AvgIpc) is 3.24. The zero-order valence-corrected chi connectivity index (χ0v) is 12.7. The molecule has 1 aliphatic carbocycles. The Morgan fingerprint density at radius 2 is 2.20 bits per heavy atom. The summed E-state index contributed by atoms with van der Waals surface area (Å²) in [5, 5.41) is 13.1. The summed E-state index contributed by atoms with van der Waals surface area (Å²) in [7, 11) is 0. The van der Waals surface area contributed by atoms with Gasteiger partial charge in [0.2, 0.25) is 0 Å². The molecule has 0 saturated heterocycles. The molecule has 4 nitrogen and oxygen atoms in total. The molecule has 0 bridgehead atoms. The molecule has 0 aromatic heterocycles. The molecule has 1 aromatic rings. The van der Waals surface area contributed by atoms with Gasteiger partial charge >= 0.3 is 0 Å². The summed E-state index contributed by atoms with van der Waals surface area (Å²) in [5.41, 5.74) is -0.571. The van der Waals surface area contributed by atoms with E-state index >= 15 is 0 Å². The van der Waals surface area contributed by atoms with E-state index in [4.69, 9.17) is 27.9 Å². The first-order valence-corrected chi connectivity index (χ1v) is 7.20. The molecule has 2 rings (SSSR count). The number of aliphatic hydroxyl groups excluding tert-OH is 1. The lowest BCUT2D eigenvalue weighted by atomic mass is 9.97. The van der Waals surface area contributed by atoms with Gasteiger partial charge in [-0.2, -0.15) is 0 Å². The predicted molar refractivity (Wildman–Crippen MR) is 78.3 cm³/mol. The van der Waals surface area contributed by atoms with Gasteiger partial charge in [-0.15, -0.1) is 0 Å². The third kappa shape index (κ3) is 3.78. The highest BCUT2D eigenvalue weighted by atomic mass is 35.5. The van der Waals surface area contributed by atoms with Gasteiger partial charge < -0.3 is 15.2 Å². The first-order valence-electron chi connectivity index (χ1n) is 6.44. The van der Waals surface area contributed by atoms with Crippen molar-refractivity contribution in [2.75, 3.05) is 13.2 Å². The van der Waals surface area contributed by atoms with E-state index in [0.717, 1.165) is 12.8 Å². The summed E-state index contributed by atoms with van der Waals surface area (Å²) in [6.45, 7) is 1.60. The number of nitrogens with one attached hydrogen (secondary N) is 1. The molecule has 0 spiro atoms. The summed E-state index contributed by atoms with van der Waals surface area (Å²) in [5.74, 6) is 0.419. The van der Waals surface area contributed by atoms with E-state index < -0.39 is 5.54 Å². The smallest absolute Gasteiger partial charge is 0.258 e. The molecule has 1 fully saturated rings. The molecule has 2 N–H and O–H groups in total. The van der Waals surface area contributed by atoms with Crippen molar-refractivity contribution in [2.45, 2.75) is 25.3 Å².